The highest BCUT2D eigenvalue weighted by Gasteiger charge is 2.07. The van der Waals surface area contributed by atoms with Crippen molar-refractivity contribution in [2.75, 3.05) is 0 Å². The van der Waals surface area contributed by atoms with Crippen LogP contribution < -0.4 is 5.32 Å². The molecule has 1 N–H and O–H groups in total. The number of rotatable bonds is 6. The summed E-state index contributed by atoms with van der Waals surface area (Å²) in [4.78, 5) is 5.77. The number of aryl methyl sites for hydroxylation is 1. The van der Waals surface area contributed by atoms with Gasteiger partial charge in [-0.1, -0.05) is 13.0 Å². The Morgan fingerprint density at radius 1 is 1.53 bits per heavy atom. The molecule has 0 aliphatic carbocycles. The van der Waals surface area contributed by atoms with E-state index in [0.29, 0.717) is 6.04 Å². The van der Waals surface area contributed by atoms with Gasteiger partial charge in [0, 0.05) is 29.9 Å². The van der Waals surface area contributed by atoms with Gasteiger partial charge in [0.05, 0.1) is 6.54 Å². The minimum Gasteiger partial charge on any atom is -0.334 e. The molecule has 92 valence electrons. The molecule has 0 aliphatic heterocycles. The lowest BCUT2D eigenvalue weighted by molar-refractivity contribution is 0.537. The van der Waals surface area contributed by atoms with Crippen molar-refractivity contribution in [2.45, 2.75) is 39.4 Å². The van der Waals surface area contributed by atoms with Crippen molar-refractivity contribution in [1.29, 1.82) is 0 Å². The van der Waals surface area contributed by atoms with Gasteiger partial charge in [0.2, 0.25) is 0 Å². The first-order chi connectivity index (χ1) is 8.31. The van der Waals surface area contributed by atoms with Crippen LogP contribution in [0, 0.1) is 0 Å². The Morgan fingerprint density at radius 3 is 3.12 bits per heavy atom. The first kappa shape index (κ1) is 12.3. The molecule has 0 aliphatic rings. The fourth-order valence-electron chi connectivity index (χ4n) is 1.83. The normalized spacial score (nSPS) is 12.8. The van der Waals surface area contributed by atoms with Gasteiger partial charge in [0.1, 0.15) is 5.82 Å². The van der Waals surface area contributed by atoms with Crippen LogP contribution in [0.4, 0.5) is 0 Å². The van der Waals surface area contributed by atoms with Crippen LogP contribution in [0.25, 0.3) is 0 Å². The van der Waals surface area contributed by atoms with Crippen LogP contribution >= 0.6 is 11.3 Å². The highest BCUT2D eigenvalue weighted by molar-refractivity contribution is 7.10. The van der Waals surface area contributed by atoms with Crippen molar-refractivity contribution >= 4 is 11.3 Å². The van der Waals surface area contributed by atoms with Crippen LogP contribution in [0.1, 0.15) is 37.0 Å². The molecule has 2 rings (SSSR count). The third-order valence-electron chi connectivity index (χ3n) is 2.80. The van der Waals surface area contributed by atoms with E-state index in [2.05, 4.69) is 52.4 Å². The van der Waals surface area contributed by atoms with Crippen molar-refractivity contribution < 1.29 is 0 Å². The Morgan fingerprint density at radius 2 is 2.41 bits per heavy atom. The number of nitrogens with one attached hydrogen (secondary N) is 1. The number of aromatic nitrogens is 2. The zero-order chi connectivity index (χ0) is 12.1. The molecule has 0 spiro atoms. The Balaban J connectivity index is 1.91. The minimum atomic E-state index is 0.391. The zero-order valence-corrected chi connectivity index (χ0v) is 11.2. The summed E-state index contributed by atoms with van der Waals surface area (Å²) in [6.45, 7) is 6.25. The molecule has 1 atom stereocenters. The van der Waals surface area contributed by atoms with E-state index >= 15 is 0 Å². The van der Waals surface area contributed by atoms with Gasteiger partial charge in [-0.2, -0.15) is 0 Å². The second-order valence-corrected chi connectivity index (χ2v) is 5.13. The zero-order valence-electron chi connectivity index (χ0n) is 10.4. The maximum atomic E-state index is 4.39. The van der Waals surface area contributed by atoms with E-state index in [4.69, 9.17) is 0 Å². The van der Waals surface area contributed by atoms with Gasteiger partial charge in [-0.15, -0.1) is 11.3 Å². The molecule has 0 saturated carbocycles. The van der Waals surface area contributed by atoms with Gasteiger partial charge in [-0.3, -0.25) is 0 Å². The molecule has 0 radical (unpaired) electrons. The third-order valence-corrected chi connectivity index (χ3v) is 3.86. The number of imidazole rings is 1. The van der Waals surface area contributed by atoms with Crippen LogP contribution in [-0.2, 0) is 13.1 Å². The van der Waals surface area contributed by atoms with Crippen molar-refractivity contribution in [1.82, 2.24) is 14.9 Å². The highest BCUT2D eigenvalue weighted by Crippen LogP contribution is 2.18. The van der Waals surface area contributed by atoms with Crippen LogP contribution in [0.2, 0.25) is 0 Å². The van der Waals surface area contributed by atoms with Gasteiger partial charge < -0.3 is 9.88 Å². The molecule has 2 heterocycles. The molecule has 0 saturated heterocycles. The molecule has 4 heteroatoms. The Labute approximate surface area is 107 Å². The van der Waals surface area contributed by atoms with Gasteiger partial charge in [0.15, 0.2) is 0 Å². The van der Waals surface area contributed by atoms with Crippen molar-refractivity contribution in [3.05, 3.63) is 40.6 Å². The predicted molar refractivity (Wildman–Crippen MR) is 72.1 cm³/mol. The van der Waals surface area contributed by atoms with Crippen molar-refractivity contribution in [2.24, 2.45) is 0 Å². The highest BCUT2D eigenvalue weighted by atomic mass is 32.1. The number of thiophene rings is 1. The Kier molecular flexibility index (Phi) is 4.34. The SMILES string of the molecule is CCCn1ccnc1CN[C@H](C)c1cccs1. The molecular weight excluding hydrogens is 230 g/mol. The molecule has 0 fully saturated rings. The smallest absolute Gasteiger partial charge is 0.122 e. The van der Waals surface area contributed by atoms with E-state index in [1.165, 1.54) is 4.88 Å². The van der Waals surface area contributed by atoms with E-state index < -0.39 is 0 Å². The molecular formula is C13H19N3S. The first-order valence-corrected chi connectivity index (χ1v) is 6.96. The molecule has 2 aromatic heterocycles. The summed E-state index contributed by atoms with van der Waals surface area (Å²) < 4.78 is 2.22. The maximum Gasteiger partial charge on any atom is 0.122 e. The topological polar surface area (TPSA) is 29.9 Å². The quantitative estimate of drug-likeness (QED) is 0.852. The largest absolute Gasteiger partial charge is 0.334 e. The van der Waals surface area contributed by atoms with Gasteiger partial charge in [-0.05, 0) is 24.8 Å². The number of nitrogens with zero attached hydrogens (tertiary/aromatic N) is 2. The summed E-state index contributed by atoms with van der Waals surface area (Å²) in [5, 5.41) is 5.63. The van der Waals surface area contributed by atoms with E-state index in [-0.39, 0.29) is 0 Å². The summed E-state index contributed by atoms with van der Waals surface area (Å²) in [7, 11) is 0. The summed E-state index contributed by atoms with van der Waals surface area (Å²) in [5.74, 6) is 1.12. The summed E-state index contributed by atoms with van der Waals surface area (Å²) >= 11 is 1.79. The van der Waals surface area contributed by atoms with E-state index in [1.54, 1.807) is 11.3 Å². The monoisotopic (exact) mass is 249 g/mol. The maximum absolute atomic E-state index is 4.39. The van der Waals surface area contributed by atoms with E-state index in [0.717, 1.165) is 25.3 Å². The molecule has 0 bridgehead atoms. The van der Waals surface area contributed by atoms with Crippen molar-refractivity contribution in [3.8, 4) is 0 Å². The average Bonchev–Trinajstić information content (AvgIpc) is 2.97. The molecule has 0 aromatic carbocycles. The second-order valence-electron chi connectivity index (χ2n) is 4.15. The van der Waals surface area contributed by atoms with Crippen LogP contribution in [0.5, 0.6) is 0 Å². The van der Waals surface area contributed by atoms with Gasteiger partial charge in [0.25, 0.3) is 0 Å². The Bertz CT molecular complexity index is 433. The lowest BCUT2D eigenvalue weighted by Crippen LogP contribution is -2.20. The molecule has 0 unspecified atom stereocenters. The lowest BCUT2D eigenvalue weighted by Gasteiger charge is -2.12. The fraction of sp³-hybridized carbons (Fsp3) is 0.462. The van der Waals surface area contributed by atoms with Crippen LogP contribution in [-0.4, -0.2) is 9.55 Å². The number of hydrogen-bond acceptors (Lipinski definition) is 3. The first-order valence-electron chi connectivity index (χ1n) is 6.08. The molecule has 17 heavy (non-hydrogen) atoms. The fourth-order valence-corrected chi connectivity index (χ4v) is 2.59. The average molecular weight is 249 g/mol. The molecule has 2 aromatic rings. The third kappa shape index (κ3) is 3.17. The second kappa shape index (κ2) is 5.98. The van der Waals surface area contributed by atoms with Crippen LogP contribution in [0.3, 0.4) is 0 Å². The van der Waals surface area contributed by atoms with Crippen molar-refractivity contribution in [3.63, 3.8) is 0 Å². The summed E-state index contributed by atoms with van der Waals surface area (Å²) in [6, 6.07) is 4.65. The molecule has 3 nitrogen and oxygen atoms in total. The summed E-state index contributed by atoms with van der Waals surface area (Å²) in [6.07, 6.45) is 5.07. The summed E-state index contributed by atoms with van der Waals surface area (Å²) in [5.41, 5.74) is 0. The van der Waals surface area contributed by atoms with E-state index in [1.807, 2.05) is 6.20 Å². The molecule has 0 amide bonds. The van der Waals surface area contributed by atoms with Gasteiger partial charge in [-0.25, -0.2) is 4.98 Å². The minimum absolute atomic E-state index is 0.391. The Hall–Kier alpha value is -1.13. The van der Waals surface area contributed by atoms with Crippen LogP contribution in [0.15, 0.2) is 29.9 Å². The van der Waals surface area contributed by atoms with Gasteiger partial charge >= 0.3 is 0 Å². The van der Waals surface area contributed by atoms with E-state index in [9.17, 15) is 0 Å². The predicted octanol–water partition coefficient (Wildman–Crippen LogP) is 3.21. The standard InChI is InChI=1S/C13H19N3S/c1-3-7-16-8-6-14-13(16)10-15-11(2)12-5-4-9-17-12/h4-6,8-9,11,15H,3,7,10H2,1-2H3/t11-/m1/s1. The lowest BCUT2D eigenvalue weighted by atomic mass is 10.3. The number of hydrogen-bond donors (Lipinski definition) is 1.